The highest BCUT2D eigenvalue weighted by molar-refractivity contribution is 5.92. The van der Waals surface area contributed by atoms with E-state index in [4.69, 9.17) is 28.9 Å². The third-order valence-corrected chi connectivity index (χ3v) is 6.05. The van der Waals surface area contributed by atoms with Crippen LogP contribution >= 0.6 is 0 Å². The molecule has 0 aliphatic carbocycles. The second kappa shape index (κ2) is 11.5. The number of methoxy groups -OCH3 is 4. The van der Waals surface area contributed by atoms with Crippen molar-refractivity contribution in [3.8, 4) is 23.0 Å². The number of anilines is 2. The van der Waals surface area contributed by atoms with E-state index in [9.17, 15) is 0 Å². The smallest absolute Gasteiger partial charge is 0.225 e. The van der Waals surface area contributed by atoms with Crippen LogP contribution in [0.25, 0.3) is 10.9 Å². The van der Waals surface area contributed by atoms with Gasteiger partial charge in [-0.2, -0.15) is 4.98 Å². The van der Waals surface area contributed by atoms with E-state index >= 15 is 0 Å². The van der Waals surface area contributed by atoms with Gasteiger partial charge in [0.15, 0.2) is 23.0 Å². The van der Waals surface area contributed by atoms with Crippen LogP contribution in [-0.2, 0) is 13.0 Å². The summed E-state index contributed by atoms with van der Waals surface area (Å²) in [6.07, 6.45) is 0.764. The normalized spacial score (nSPS) is 10.7. The lowest BCUT2D eigenvalue weighted by atomic mass is 10.1. The number of fused-ring (bicyclic) bond motifs is 1. The van der Waals surface area contributed by atoms with Crippen molar-refractivity contribution in [3.05, 3.63) is 71.3 Å². The molecule has 0 unspecified atom stereocenters. The van der Waals surface area contributed by atoms with Crippen LogP contribution in [0.4, 0.5) is 11.8 Å². The van der Waals surface area contributed by atoms with E-state index in [2.05, 4.69) is 29.7 Å². The molecule has 0 spiro atoms. The number of rotatable bonds is 11. The van der Waals surface area contributed by atoms with Crippen molar-refractivity contribution in [2.45, 2.75) is 19.9 Å². The summed E-state index contributed by atoms with van der Waals surface area (Å²) in [6, 6.07) is 18.0. The van der Waals surface area contributed by atoms with E-state index in [1.165, 1.54) is 11.1 Å². The van der Waals surface area contributed by atoms with Gasteiger partial charge in [0.05, 0.1) is 34.0 Å². The second-order valence-corrected chi connectivity index (χ2v) is 8.27. The monoisotopic (exact) mass is 488 g/mol. The van der Waals surface area contributed by atoms with E-state index < -0.39 is 0 Å². The van der Waals surface area contributed by atoms with Gasteiger partial charge in [-0.15, -0.1) is 0 Å². The van der Waals surface area contributed by atoms with E-state index in [1.807, 2.05) is 42.5 Å². The molecule has 4 aromatic rings. The molecule has 1 heterocycles. The summed E-state index contributed by atoms with van der Waals surface area (Å²) < 4.78 is 21.8. The Morgan fingerprint density at radius 3 is 2.14 bits per heavy atom. The maximum absolute atomic E-state index is 5.52. The molecule has 0 saturated heterocycles. The van der Waals surface area contributed by atoms with Crippen molar-refractivity contribution < 1.29 is 18.9 Å². The molecule has 0 bridgehead atoms. The molecule has 4 rings (SSSR count). The molecule has 0 saturated carbocycles. The van der Waals surface area contributed by atoms with Crippen LogP contribution in [0.1, 0.15) is 16.7 Å². The highest BCUT2D eigenvalue weighted by Crippen LogP contribution is 2.35. The average molecular weight is 489 g/mol. The van der Waals surface area contributed by atoms with Crippen molar-refractivity contribution in [2.75, 3.05) is 45.6 Å². The Labute approximate surface area is 211 Å². The average Bonchev–Trinajstić information content (AvgIpc) is 2.91. The lowest BCUT2D eigenvalue weighted by Gasteiger charge is -2.15. The van der Waals surface area contributed by atoms with Crippen molar-refractivity contribution in [1.82, 2.24) is 9.97 Å². The number of aryl methyl sites for hydroxylation is 1. The molecule has 1 aromatic heterocycles. The molecule has 8 nitrogen and oxygen atoms in total. The molecule has 188 valence electrons. The molecule has 0 radical (unpaired) electrons. The molecule has 36 heavy (non-hydrogen) atoms. The maximum atomic E-state index is 5.52. The topological polar surface area (TPSA) is 86.8 Å². The van der Waals surface area contributed by atoms with Gasteiger partial charge < -0.3 is 29.6 Å². The number of nitrogens with zero attached hydrogens (tertiary/aromatic N) is 2. The first-order valence-corrected chi connectivity index (χ1v) is 11.7. The molecular weight excluding hydrogens is 456 g/mol. The summed E-state index contributed by atoms with van der Waals surface area (Å²) in [7, 11) is 6.50. The zero-order valence-corrected chi connectivity index (χ0v) is 21.3. The minimum Gasteiger partial charge on any atom is -0.493 e. The number of hydrogen-bond donors (Lipinski definition) is 2. The van der Waals surface area contributed by atoms with Gasteiger partial charge in [0.2, 0.25) is 5.95 Å². The molecule has 0 atom stereocenters. The summed E-state index contributed by atoms with van der Waals surface area (Å²) in [5.41, 5.74) is 4.29. The van der Waals surface area contributed by atoms with Crippen molar-refractivity contribution in [1.29, 1.82) is 0 Å². The van der Waals surface area contributed by atoms with Crippen molar-refractivity contribution >= 4 is 22.7 Å². The van der Waals surface area contributed by atoms with Gasteiger partial charge in [0.25, 0.3) is 0 Å². The Bertz CT molecular complexity index is 1340. The third kappa shape index (κ3) is 5.54. The number of aromatic nitrogens is 2. The maximum Gasteiger partial charge on any atom is 0.225 e. The Balaban J connectivity index is 1.59. The number of nitrogens with one attached hydrogen (secondary N) is 2. The summed E-state index contributed by atoms with van der Waals surface area (Å²) >= 11 is 0. The molecule has 8 heteroatoms. The van der Waals surface area contributed by atoms with Gasteiger partial charge in [-0.25, -0.2) is 4.98 Å². The van der Waals surface area contributed by atoms with E-state index in [0.717, 1.165) is 28.7 Å². The van der Waals surface area contributed by atoms with E-state index in [1.54, 1.807) is 28.4 Å². The zero-order chi connectivity index (χ0) is 25.5. The summed E-state index contributed by atoms with van der Waals surface area (Å²) in [6.45, 7) is 3.38. The minimum atomic E-state index is 0.530. The fraction of sp³-hybridized carbons (Fsp3) is 0.286. The second-order valence-electron chi connectivity index (χ2n) is 8.27. The van der Waals surface area contributed by atoms with Gasteiger partial charge in [-0.3, -0.25) is 0 Å². The van der Waals surface area contributed by atoms with Crippen LogP contribution in [0, 0.1) is 6.92 Å². The fourth-order valence-electron chi connectivity index (χ4n) is 4.01. The van der Waals surface area contributed by atoms with Crippen LogP contribution in [0.5, 0.6) is 23.0 Å². The molecule has 0 amide bonds. The molecule has 2 N–H and O–H groups in total. The minimum absolute atomic E-state index is 0.530. The van der Waals surface area contributed by atoms with Gasteiger partial charge in [-0.05, 0) is 48.2 Å². The number of ether oxygens (including phenoxy) is 4. The lowest BCUT2D eigenvalue weighted by Crippen LogP contribution is -2.11. The van der Waals surface area contributed by atoms with Crippen LogP contribution in [0.3, 0.4) is 0 Å². The standard InChI is InChI=1S/C28H32N4O4/c1-18-8-6-7-9-20(18)17-30-27-21-15-25(35-4)26(36-5)16-22(21)31-28(32-27)29-13-12-19-10-11-23(33-2)24(14-19)34-3/h6-11,14-16H,12-13,17H2,1-5H3,(H2,29,30,31,32). The predicted molar refractivity (Wildman–Crippen MR) is 143 cm³/mol. The molecule has 0 aliphatic heterocycles. The van der Waals surface area contributed by atoms with Crippen molar-refractivity contribution in [2.24, 2.45) is 0 Å². The van der Waals surface area contributed by atoms with Gasteiger partial charge in [-0.1, -0.05) is 30.3 Å². The molecular formula is C28H32N4O4. The SMILES string of the molecule is COc1ccc(CCNc2nc(NCc3ccccc3C)c3cc(OC)c(OC)cc3n2)cc1OC. The third-order valence-electron chi connectivity index (χ3n) is 6.05. The van der Waals surface area contributed by atoms with Gasteiger partial charge >= 0.3 is 0 Å². The molecule has 0 aliphatic rings. The molecule has 0 fully saturated rings. The first kappa shape index (κ1) is 24.9. The van der Waals surface area contributed by atoms with Gasteiger partial charge in [0, 0.05) is 24.5 Å². The number of hydrogen-bond acceptors (Lipinski definition) is 8. The van der Waals surface area contributed by atoms with Gasteiger partial charge in [0.1, 0.15) is 5.82 Å². The van der Waals surface area contributed by atoms with Crippen LogP contribution in [0.2, 0.25) is 0 Å². The Morgan fingerprint density at radius 2 is 1.42 bits per heavy atom. The Kier molecular flexibility index (Phi) is 7.95. The van der Waals surface area contributed by atoms with E-state index in [0.29, 0.717) is 42.0 Å². The van der Waals surface area contributed by atoms with Crippen molar-refractivity contribution in [3.63, 3.8) is 0 Å². The lowest BCUT2D eigenvalue weighted by molar-refractivity contribution is 0.354. The Hall–Kier alpha value is -4.20. The largest absolute Gasteiger partial charge is 0.493 e. The Morgan fingerprint density at radius 1 is 0.722 bits per heavy atom. The van der Waals surface area contributed by atoms with E-state index in [-0.39, 0.29) is 0 Å². The summed E-state index contributed by atoms with van der Waals surface area (Å²) in [4.78, 5) is 9.54. The zero-order valence-electron chi connectivity index (χ0n) is 21.3. The van der Waals surface area contributed by atoms with Crippen LogP contribution in [-0.4, -0.2) is 45.0 Å². The first-order chi connectivity index (χ1) is 17.6. The number of benzene rings is 3. The highest BCUT2D eigenvalue weighted by atomic mass is 16.5. The first-order valence-electron chi connectivity index (χ1n) is 11.7. The quantitative estimate of drug-likeness (QED) is 0.296. The predicted octanol–water partition coefficient (Wildman–Crippen LogP) is 5.24. The summed E-state index contributed by atoms with van der Waals surface area (Å²) in [5.74, 6) is 3.91. The highest BCUT2D eigenvalue weighted by Gasteiger charge is 2.14. The molecule has 3 aromatic carbocycles. The van der Waals surface area contributed by atoms with Crippen LogP contribution in [0.15, 0.2) is 54.6 Å². The summed E-state index contributed by atoms with van der Waals surface area (Å²) in [5, 5.41) is 7.71. The fourth-order valence-corrected chi connectivity index (χ4v) is 4.01. The van der Waals surface area contributed by atoms with Crippen LogP contribution < -0.4 is 29.6 Å².